The SMILES string of the molecule is COCCNCC(O)CSc1nnc(C)o1. The van der Waals surface area contributed by atoms with Crippen molar-refractivity contribution in [3.8, 4) is 0 Å². The maximum absolute atomic E-state index is 9.60. The average Bonchev–Trinajstić information content (AvgIpc) is 2.68. The van der Waals surface area contributed by atoms with Crippen LogP contribution in [-0.4, -0.2) is 54.0 Å². The van der Waals surface area contributed by atoms with Crippen LogP contribution in [0.3, 0.4) is 0 Å². The van der Waals surface area contributed by atoms with Crippen LogP contribution in [0, 0.1) is 6.92 Å². The summed E-state index contributed by atoms with van der Waals surface area (Å²) in [5.41, 5.74) is 0. The van der Waals surface area contributed by atoms with E-state index in [0.29, 0.717) is 30.0 Å². The fraction of sp³-hybridized carbons (Fsp3) is 0.778. The Morgan fingerprint density at radius 3 is 3.00 bits per heavy atom. The van der Waals surface area contributed by atoms with Gasteiger partial charge in [-0.3, -0.25) is 0 Å². The monoisotopic (exact) mass is 247 g/mol. The molecule has 0 amide bonds. The van der Waals surface area contributed by atoms with E-state index in [2.05, 4.69) is 15.5 Å². The van der Waals surface area contributed by atoms with Crippen molar-refractivity contribution < 1.29 is 14.3 Å². The van der Waals surface area contributed by atoms with Gasteiger partial charge in [0.25, 0.3) is 5.22 Å². The molecule has 0 aliphatic carbocycles. The summed E-state index contributed by atoms with van der Waals surface area (Å²) in [5, 5.41) is 20.7. The molecule has 1 aromatic heterocycles. The van der Waals surface area contributed by atoms with Gasteiger partial charge in [0, 0.05) is 32.9 Å². The number of methoxy groups -OCH3 is 1. The predicted molar refractivity (Wildman–Crippen MR) is 60.5 cm³/mol. The Bertz CT molecular complexity index is 295. The number of thioether (sulfide) groups is 1. The lowest BCUT2D eigenvalue weighted by molar-refractivity contribution is 0.175. The molecule has 92 valence electrons. The number of ether oxygens (including phenoxy) is 1. The van der Waals surface area contributed by atoms with Crippen molar-refractivity contribution in [2.45, 2.75) is 18.3 Å². The van der Waals surface area contributed by atoms with Crippen LogP contribution in [0.4, 0.5) is 0 Å². The van der Waals surface area contributed by atoms with E-state index in [1.165, 1.54) is 11.8 Å². The third-order valence-corrected chi connectivity index (χ3v) is 2.73. The molecule has 0 aliphatic heterocycles. The number of aromatic nitrogens is 2. The fourth-order valence-corrected chi connectivity index (χ4v) is 1.74. The first kappa shape index (κ1) is 13.4. The van der Waals surface area contributed by atoms with E-state index in [-0.39, 0.29) is 0 Å². The van der Waals surface area contributed by atoms with E-state index in [1.54, 1.807) is 14.0 Å². The highest BCUT2D eigenvalue weighted by atomic mass is 32.2. The molecule has 16 heavy (non-hydrogen) atoms. The number of hydrogen-bond acceptors (Lipinski definition) is 7. The van der Waals surface area contributed by atoms with Crippen LogP contribution >= 0.6 is 11.8 Å². The Morgan fingerprint density at radius 1 is 1.56 bits per heavy atom. The van der Waals surface area contributed by atoms with Gasteiger partial charge in [0.15, 0.2) is 0 Å². The molecule has 0 saturated carbocycles. The molecule has 7 heteroatoms. The largest absolute Gasteiger partial charge is 0.416 e. The molecule has 6 nitrogen and oxygen atoms in total. The summed E-state index contributed by atoms with van der Waals surface area (Å²) in [4.78, 5) is 0. The lowest BCUT2D eigenvalue weighted by atomic mass is 10.4. The van der Waals surface area contributed by atoms with Crippen molar-refractivity contribution in [2.24, 2.45) is 0 Å². The Hall–Kier alpha value is -0.630. The molecule has 1 atom stereocenters. The average molecular weight is 247 g/mol. The minimum Gasteiger partial charge on any atom is -0.416 e. The van der Waals surface area contributed by atoms with Crippen molar-refractivity contribution >= 4 is 11.8 Å². The van der Waals surface area contributed by atoms with Gasteiger partial charge in [0.1, 0.15) is 0 Å². The zero-order chi connectivity index (χ0) is 11.8. The lowest BCUT2D eigenvalue weighted by Crippen LogP contribution is -2.30. The van der Waals surface area contributed by atoms with Crippen LogP contribution in [0.25, 0.3) is 0 Å². The maximum atomic E-state index is 9.60. The summed E-state index contributed by atoms with van der Waals surface area (Å²) in [5.74, 6) is 1.07. The van der Waals surface area contributed by atoms with Gasteiger partial charge in [0.2, 0.25) is 5.89 Å². The van der Waals surface area contributed by atoms with Gasteiger partial charge in [0.05, 0.1) is 12.7 Å². The summed E-state index contributed by atoms with van der Waals surface area (Å²) in [7, 11) is 1.64. The molecule has 0 aromatic carbocycles. The predicted octanol–water partition coefficient (Wildman–Crippen LogP) is 0.0670. The Labute approximate surface area is 98.8 Å². The summed E-state index contributed by atoms with van der Waals surface area (Å²) < 4.78 is 10.0. The van der Waals surface area contributed by atoms with Crippen molar-refractivity contribution in [3.63, 3.8) is 0 Å². The van der Waals surface area contributed by atoms with Gasteiger partial charge in [-0.05, 0) is 0 Å². The minimum atomic E-state index is -0.436. The van der Waals surface area contributed by atoms with E-state index in [1.807, 2.05) is 0 Å². The van der Waals surface area contributed by atoms with E-state index in [9.17, 15) is 5.11 Å². The number of aliphatic hydroxyl groups excluding tert-OH is 1. The Morgan fingerprint density at radius 2 is 2.38 bits per heavy atom. The molecule has 1 heterocycles. The van der Waals surface area contributed by atoms with E-state index >= 15 is 0 Å². The quantitative estimate of drug-likeness (QED) is 0.497. The number of rotatable bonds is 8. The fourth-order valence-electron chi connectivity index (χ4n) is 1.01. The highest BCUT2D eigenvalue weighted by Crippen LogP contribution is 2.16. The number of nitrogens with zero attached hydrogens (tertiary/aromatic N) is 2. The highest BCUT2D eigenvalue weighted by Gasteiger charge is 2.08. The second-order valence-electron chi connectivity index (χ2n) is 3.25. The van der Waals surface area contributed by atoms with Gasteiger partial charge >= 0.3 is 0 Å². The van der Waals surface area contributed by atoms with Gasteiger partial charge in [-0.25, -0.2) is 0 Å². The summed E-state index contributed by atoms with van der Waals surface area (Å²) in [6.45, 7) is 3.64. The zero-order valence-electron chi connectivity index (χ0n) is 9.47. The van der Waals surface area contributed by atoms with Crippen molar-refractivity contribution in [1.82, 2.24) is 15.5 Å². The molecule has 0 aliphatic rings. The summed E-state index contributed by atoms with van der Waals surface area (Å²) in [6, 6.07) is 0. The van der Waals surface area contributed by atoms with Gasteiger partial charge < -0.3 is 19.6 Å². The van der Waals surface area contributed by atoms with Crippen LogP contribution in [0.5, 0.6) is 0 Å². The van der Waals surface area contributed by atoms with E-state index in [4.69, 9.17) is 9.15 Å². The third-order valence-electron chi connectivity index (χ3n) is 1.77. The number of aryl methyl sites for hydroxylation is 1. The van der Waals surface area contributed by atoms with Crippen molar-refractivity contribution in [1.29, 1.82) is 0 Å². The number of aliphatic hydroxyl groups is 1. The standard InChI is InChI=1S/C9H17N3O3S/c1-7-11-12-9(15-7)16-6-8(13)5-10-3-4-14-2/h8,10,13H,3-6H2,1-2H3. The maximum Gasteiger partial charge on any atom is 0.276 e. The first-order valence-electron chi connectivity index (χ1n) is 5.03. The van der Waals surface area contributed by atoms with Gasteiger partial charge in [-0.1, -0.05) is 11.8 Å². The molecule has 1 unspecified atom stereocenters. The van der Waals surface area contributed by atoms with Crippen LogP contribution in [-0.2, 0) is 4.74 Å². The van der Waals surface area contributed by atoms with E-state index in [0.717, 1.165) is 6.54 Å². The van der Waals surface area contributed by atoms with Crippen molar-refractivity contribution in [2.75, 3.05) is 32.6 Å². The zero-order valence-corrected chi connectivity index (χ0v) is 10.3. The van der Waals surface area contributed by atoms with Gasteiger partial charge in [-0.2, -0.15) is 0 Å². The molecule has 0 radical (unpaired) electrons. The summed E-state index contributed by atoms with van der Waals surface area (Å²) >= 11 is 1.35. The normalized spacial score (nSPS) is 12.9. The first-order chi connectivity index (χ1) is 7.72. The van der Waals surface area contributed by atoms with Crippen LogP contribution < -0.4 is 5.32 Å². The first-order valence-corrected chi connectivity index (χ1v) is 6.01. The van der Waals surface area contributed by atoms with Crippen LogP contribution in [0.2, 0.25) is 0 Å². The van der Waals surface area contributed by atoms with Gasteiger partial charge in [-0.15, -0.1) is 10.2 Å². The minimum absolute atomic E-state index is 0.436. The molecular weight excluding hydrogens is 230 g/mol. The Balaban J connectivity index is 2.08. The number of nitrogens with one attached hydrogen (secondary N) is 1. The van der Waals surface area contributed by atoms with Crippen molar-refractivity contribution in [3.05, 3.63) is 5.89 Å². The van der Waals surface area contributed by atoms with E-state index < -0.39 is 6.10 Å². The lowest BCUT2D eigenvalue weighted by Gasteiger charge is -2.09. The molecule has 0 saturated heterocycles. The van der Waals surface area contributed by atoms with Crippen LogP contribution in [0.15, 0.2) is 9.64 Å². The van der Waals surface area contributed by atoms with Crippen LogP contribution in [0.1, 0.15) is 5.89 Å². The molecular formula is C9H17N3O3S. The molecule has 0 bridgehead atoms. The topological polar surface area (TPSA) is 80.4 Å². The second-order valence-corrected chi connectivity index (χ2v) is 4.22. The highest BCUT2D eigenvalue weighted by molar-refractivity contribution is 7.99. The molecule has 0 fully saturated rings. The molecule has 2 N–H and O–H groups in total. The Kier molecular flexibility index (Phi) is 6.39. The molecule has 0 spiro atoms. The third kappa shape index (κ3) is 5.45. The molecule has 1 aromatic rings. The second kappa shape index (κ2) is 7.61. The smallest absolute Gasteiger partial charge is 0.276 e. The number of hydrogen-bond donors (Lipinski definition) is 2. The molecule has 1 rings (SSSR count). The summed E-state index contributed by atoms with van der Waals surface area (Å²) in [6.07, 6.45) is -0.436.